The van der Waals surface area contributed by atoms with Crippen LogP contribution in [0.4, 0.5) is 0 Å². The Hall–Kier alpha value is -1.88. The van der Waals surface area contributed by atoms with E-state index in [-0.39, 0.29) is 0 Å². The van der Waals surface area contributed by atoms with Crippen molar-refractivity contribution in [2.24, 2.45) is 5.16 Å². The highest BCUT2D eigenvalue weighted by molar-refractivity contribution is 7.85. The molecule has 0 bridgehead atoms. The molecule has 0 radical (unpaired) electrons. The van der Waals surface area contributed by atoms with Crippen LogP contribution in [0.5, 0.6) is 0 Å². The minimum absolute atomic E-state index is 0.413. The topological polar surface area (TPSA) is 55.7 Å². The summed E-state index contributed by atoms with van der Waals surface area (Å²) >= 11 is 0. The second-order valence-corrected chi connectivity index (χ2v) is 4.77. The molecule has 0 N–H and O–H groups in total. The van der Waals surface area contributed by atoms with Crippen LogP contribution in [0, 0.1) is 0 Å². The zero-order chi connectivity index (χ0) is 12.7. The van der Waals surface area contributed by atoms with Gasteiger partial charge >= 0.3 is 10.1 Å². The van der Waals surface area contributed by atoms with Crippen molar-refractivity contribution in [1.29, 1.82) is 0 Å². The van der Waals surface area contributed by atoms with Gasteiger partial charge in [-0.1, -0.05) is 54.2 Å². The van der Waals surface area contributed by atoms with E-state index < -0.39 is 10.1 Å². The molecule has 0 saturated carbocycles. The van der Waals surface area contributed by atoms with Crippen molar-refractivity contribution in [1.82, 2.24) is 0 Å². The van der Waals surface area contributed by atoms with Gasteiger partial charge in [0.05, 0.1) is 6.26 Å². The van der Waals surface area contributed by atoms with E-state index in [0.717, 1.165) is 11.8 Å². The fourth-order valence-electron chi connectivity index (χ4n) is 1.06. The van der Waals surface area contributed by atoms with Gasteiger partial charge in [0.15, 0.2) is 0 Å². The van der Waals surface area contributed by atoms with E-state index in [1.807, 2.05) is 18.2 Å². The molecule has 0 aliphatic heterocycles. The summed E-state index contributed by atoms with van der Waals surface area (Å²) in [7, 11) is -3.60. The van der Waals surface area contributed by atoms with Crippen LogP contribution < -0.4 is 0 Å². The van der Waals surface area contributed by atoms with Gasteiger partial charge in [-0.05, 0) is 6.08 Å². The normalized spacial score (nSPS) is 12.6. The molecule has 4 nitrogen and oxygen atoms in total. The van der Waals surface area contributed by atoms with Crippen LogP contribution in [-0.2, 0) is 14.4 Å². The lowest BCUT2D eigenvalue weighted by Gasteiger charge is -2.00. The fraction of sp³-hybridized carbons (Fsp3) is 0.0833. The van der Waals surface area contributed by atoms with Crippen molar-refractivity contribution < 1.29 is 12.7 Å². The molecule has 17 heavy (non-hydrogen) atoms. The maximum absolute atomic E-state index is 10.9. The minimum atomic E-state index is -3.60. The van der Waals surface area contributed by atoms with Crippen molar-refractivity contribution in [2.75, 3.05) is 6.26 Å². The van der Waals surface area contributed by atoms with Gasteiger partial charge in [-0.2, -0.15) is 8.42 Å². The third-order valence-corrected chi connectivity index (χ3v) is 2.08. The van der Waals surface area contributed by atoms with Gasteiger partial charge in [0.25, 0.3) is 0 Å². The first-order valence-electron chi connectivity index (χ1n) is 4.84. The minimum Gasteiger partial charge on any atom is -0.268 e. The molecule has 1 aromatic rings. The van der Waals surface area contributed by atoms with E-state index in [9.17, 15) is 8.42 Å². The fourth-order valence-corrected chi connectivity index (χ4v) is 1.27. The molecule has 1 aromatic carbocycles. The molecule has 0 heterocycles. The molecule has 0 amide bonds. The quantitative estimate of drug-likeness (QED) is 0.457. The van der Waals surface area contributed by atoms with E-state index in [2.05, 4.69) is 16.0 Å². The summed E-state index contributed by atoms with van der Waals surface area (Å²) in [6.07, 6.45) is 5.78. The highest BCUT2D eigenvalue weighted by atomic mass is 32.2. The Kier molecular flexibility index (Phi) is 4.66. The summed E-state index contributed by atoms with van der Waals surface area (Å²) in [6, 6.07) is 9.12. The van der Waals surface area contributed by atoms with E-state index in [4.69, 9.17) is 0 Å². The zero-order valence-corrected chi connectivity index (χ0v) is 10.2. The molecule has 0 aliphatic rings. The lowest BCUT2D eigenvalue weighted by Crippen LogP contribution is -2.02. The van der Waals surface area contributed by atoms with Crippen molar-refractivity contribution in [3.63, 3.8) is 0 Å². The third-order valence-electron chi connectivity index (χ3n) is 1.73. The number of hydrogen-bond acceptors (Lipinski definition) is 4. The van der Waals surface area contributed by atoms with Crippen LogP contribution >= 0.6 is 0 Å². The summed E-state index contributed by atoms with van der Waals surface area (Å²) in [4.78, 5) is 0. The smallest absolute Gasteiger partial charge is 0.268 e. The first-order valence-corrected chi connectivity index (χ1v) is 6.66. The van der Waals surface area contributed by atoms with E-state index in [1.54, 1.807) is 30.4 Å². The summed E-state index contributed by atoms with van der Waals surface area (Å²) in [5.74, 6) is 0. The number of hydrogen-bond donors (Lipinski definition) is 0. The van der Waals surface area contributed by atoms with Gasteiger partial charge < -0.3 is 0 Å². The van der Waals surface area contributed by atoms with Crippen LogP contribution in [0.15, 0.2) is 60.3 Å². The Morgan fingerprint density at radius 3 is 2.53 bits per heavy atom. The highest BCUT2D eigenvalue weighted by Gasteiger charge is 2.03. The largest absolute Gasteiger partial charge is 0.325 e. The first kappa shape index (κ1) is 13.2. The summed E-state index contributed by atoms with van der Waals surface area (Å²) < 4.78 is 26.2. The number of rotatable bonds is 5. The average molecular weight is 251 g/mol. The van der Waals surface area contributed by atoms with Gasteiger partial charge in [-0.3, -0.25) is 4.28 Å². The molecule has 0 saturated heterocycles. The number of nitrogens with zero attached hydrogens (tertiary/aromatic N) is 1. The molecular formula is C12H13NO3S. The van der Waals surface area contributed by atoms with Crippen molar-refractivity contribution in [3.8, 4) is 0 Å². The molecule has 0 atom stereocenters. The van der Waals surface area contributed by atoms with Crippen LogP contribution in [0.1, 0.15) is 5.56 Å². The van der Waals surface area contributed by atoms with Crippen LogP contribution in [0.2, 0.25) is 0 Å². The summed E-state index contributed by atoms with van der Waals surface area (Å²) in [5, 5.41) is 3.60. The lowest BCUT2D eigenvalue weighted by molar-refractivity contribution is 0.344. The summed E-state index contributed by atoms with van der Waals surface area (Å²) in [5.41, 5.74) is 1.17. The van der Waals surface area contributed by atoms with Crippen molar-refractivity contribution >= 4 is 15.8 Å². The third kappa shape index (κ3) is 5.12. The van der Waals surface area contributed by atoms with E-state index >= 15 is 0 Å². The summed E-state index contributed by atoms with van der Waals surface area (Å²) in [6.45, 7) is 3.53. The SMILES string of the molecule is C=CC=CC(=NOS(C)(=O)=O)c1ccccc1. The van der Waals surface area contributed by atoms with Gasteiger partial charge in [0.1, 0.15) is 5.71 Å². The predicted molar refractivity (Wildman–Crippen MR) is 68.2 cm³/mol. The van der Waals surface area contributed by atoms with Crippen molar-refractivity contribution in [2.45, 2.75) is 0 Å². The Morgan fingerprint density at radius 2 is 2.00 bits per heavy atom. The van der Waals surface area contributed by atoms with E-state index in [1.165, 1.54) is 0 Å². The van der Waals surface area contributed by atoms with Crippen molar-refractivity contribution in [3.05, 3.63) is 60.7 Å². The average Bonchev–Trinajstić information content (AvgIpc) is 2.29. The Balaban J connectivity index is 3.04. The van der Waals surface area contributed by atoms with Gasteiger partial charge in [0.2, 0.25) is 0 Å². The zero-order valence-electron chi connectivity index (χ0n) is 9.41. The second kappa shape index (κ2) is 6.00. The van der Waals surface area contributed by atoms with E-state index in [0.29, 0.717) is 5.71 Å². The molecule has 0 spiro atoms. The molecule has 0 aromatic heterocycles. The Bertz CT molecular complexity index is 530. The Labute approximate surface area is 101 Å². The number of benzene rings is 1. The van der Waals surface area contributed by atoms with Crippen LogP contribution in [-0.4, -0.2) is 20.4 Å². The highest BCUT2D eigenvalue weighted by Crippen LogP contribution is 2.04. The van der Waals surface area contributed by atoms with Gasteiger partial charge in [-0.25, -0.2) is 0 Å². The predicted octanol–water partition coefficient (Wildman–Crippen LogP) is 2.11. The standard InChI is InChI=1S/C12H13NO3S/c1-3-4-10-12(13-16-17(2,14)15)11-8-6-5-7-9-11/h3-10H,1H2,2H3. The van der Waals surface area contributed by atoms with Gasteiger partial charge in [0, 0.05) is 5.56 Å². The van der Waals surface area contributed by atoms with Crippen LogP contribution in [0.3, 0.4) is 0 Å². The van der Waals surface area contributed by atoms with Crippen LogP contribution in [0.25, 0.3) is 0 Å². The molecule has 0 unspecified atom stereocenters. The molecular weight excluding hydrogens is 238 g/mol. The molecule has 1 rings (SSSR count). The van der Waals surface area contributed by atoms with Gasteiger partial charge in [-0.15, -0.1) is 0 Å². The second-order valence-electron chi connectivity index (χ2n) is 3.22. The number of oxime groups is 1. The number of allylic oxidation sites excluding steroid dienone is 3. The first-order chi connectivity index (χ1) is 8.03. The molecule has 0 aliphatic carbocycles. The maximum atomic E-state index is 10.9. The monoisotopic (exact) mass is 251 g/mol. The lowest BCUT2D eigenvalue weighted by atomic mass is 10.1. The maximum Gasteiger partial charge on any atom is 0.325 e. The Morgan fingerprint density at radius 1 is 1.35 bits per heavy atom. The molecule has 5 heteroatoms. The molecule has 0 fully saturated rings. The molecule has 90 valence electrons.